The Morgan fingerprint density at radius 2 is 1.50 bits per heavy atom. The SMILES string of the molecule is Cc1ccc(NC(=O)COC(=O)c2ccccc2NC(=O)c2ccccc2)cc1C. The molecule has 2 N–H and O–H groups in total. The second-order valence-corrected chi connectivity index (χ2v) is 6.79. The second kappa shape index (κ2) is 9.52. The molecule has 30 heavy (non-hydrogen) atoms. The number of rotatable bonds is 6. The lowest BCUT2D eigenvalue weighted by Crippen LogP contribution is -2.22. The van der Waals surface area contributed by atoms with Crippen LogP contribution >= 0.6 is 0 Å². The van der Waals surface area contributed by atoms with Crippen LogP contribution in [0.4, 0.5) is 11.4 Å². The molecule has 0 fully saturated rings. The first kappa shape index (κ1) is 20.8. The number of hydrogen-bond donors (Lipinski definition) is 2. The molecule has 0 spiro atoms. The van der Waals surface area contributed by atoms with Crippen LogP contribution in [0.3, 0.4) is 0 Å². The number of hydrogen-bond acceptors (Lipinski definition) is 4. The molecule has 3 aromatic rings. The van der Waals surface area contributed by atoms with Crippen molar-refractivity contribution in [3.8, 4) is 0 Å². The van der Waals surface area contributed by atoms with Gasteiger partial charge in [-0.25, -0.2) is 4.79 Å². The predicted molar refractivity (Wildman–Crippen MR) is 116 cm³/mol. The summed E-state index contributed by atoms with van der Waals surface area (Å²) in [6.45, 7) is 3.50. The lowest BCUT2D eigenvalue weighted by molar-refractivity contribution is -0.119. The third-order valence-electron chi connectivity index (χ3n) is 4.56. The van der Waals surface area contributed by atoms with Gasteiger partial charge in [0.05, 0.1) is 11.3 Å². The average Bonchev–Trinajstić information content (AvgIpc) is 2.75. The van der Waals surface area contributed by atoms with Gasteiger partial charge >= 0.3 is 5.97 Å². The number of carbonyl (C=O) groups is 3. The maximum absolute atomic E-state index is 12.5. The molecule has 0 radical (unpaired) electrons. The van der Waals surface area contributed by atoms with Crippen molar-refractivity contribution in [1.29, 1.82) is 0 Å². The van der Waals surface area contributed by atoms with E-state index >= 15 is 0 Å². The van der Waals surface area contributed by atoms with Crippen LogP contribution in [-0.2, 0) is 9.53 Å². The third kappa shape index (κ3) is 5.32. The first-order valence-electron chi connectivity index (χ1n) is 9.43. The van der Waals surface area contributed by atoms with E-state index in [1.54, 1.807) is 48.5 Å². The molecule has 0 aliphatic carbocycles. The Kier molecular flexibility index (Phi) is 6.60. The molecule has 0 aliphatic rings. The molecule has 6 heteroatoms. The Morgan fingerprint density at radius 1 is 0.800 bits per heavy atom. The van der Waals surface area contributed by atoms with Gasteiger partial charge in [-0.15, -0.1) is 0 Å². The fraction of sp³-hybridized carbons (Fsp3) is 0.125. The minimum absolute atomic E-state index is 0.167. The molecule has 6 nitrogen and oxygen atoms in total. The van der Waals surface area contributed by atoms with Gasteiger partial charge in [0.15, 0.2) is 6.61 Å². The Labute approximate surface area is 174 Å². The Balaban J connectivity index is 1.62. The lowest BCUT2D eigenvalue weighted by Gasteiger charge is -2.11. The number of esters is 1. The van der Waals surface area contributed by atoms with Crippen molar-refractivity contribution in [2.45, 2.75) is 13.8 Å². The van der Waals surface area contributed by atoms with E-state index in [0.717, 1.165) is 11.1 Å². The summed E-state index contributed by atoms with van der Waals surface area (Å²) < 4.78 is 5.14. The van der Waals surface area contributed by atoms with E-state index < -0.39 is 18.5 Å². The molecule has 3 aromatic carbocycles. The number of amides is 2. The number of benzene rings is 3. The zero-order valence-electron chi connectivity index (χ0n) is 16.8. The van der Waals surface area contributed by atoms with Crippen molar-refractivity contribution in [2.24, 2.45) is 0 Å². The molecule has 0 heterocycles. The fourth-order valence-electron chi connectivity index (χ4n) is 2.78. The number of para-hydroxylation sites is 1. The Hall–Kier alpha value is -3.93. The van der Waals surface area contributed by atoms with E-state index in [-0.39, 0.29) is 11.5 Å². The summed E-state index contributed by atoms with van der Waals surface area (Å²) in [5, 5.41) is 5.41. The van der Waals surface area contributed by atoms with Crippen LogP contribution in [0, 0.1) is 13.8 Å². The first-order valence-corrected chi connectivity index (χ1v) is 9.43. The molecule has 0 unspecified atom stereocenters. The van der Waals surface area contributed by atoms with Crippen molar-refractivity contribution in [3.63, 3.8) is 0 Å². The summed E-state index contributed by atoms with van der Waals surface area (Å²) in [6, 6.07) is 20.7. The van der Waals surface area contributed by atoms with Crippen molar-refractivity contribution >= 4 is 29.2 Å². The summed E-state index contributed by atoms with van der Waals surface area (Å²) >= 11 is 0. The summed E-state index contributed by atoms with van der Waals surface area (Å²) in [5.74, 6) is -1.49. The van der Waals surface area contributed by atoms with Crippen LogP contribution in [0.15, 0.2) is 72.8 Å². The Bertz CT molecular complexity index is 1080. The van der Waals surface area contributed by atoms with Gasteiger partial charge < -0.3 is 15.4 Å². The highest BCUT2D eigenvalue weighted by Crippen LogP contribution is 2.18. The van der Waals surface area contributed by atoms with E-state index in [1.165, 1.54) is 6.07 Å². The van der Waals surface area contributed by atoms with Gasteiger partial charge in [-0.1, -0.05) is 36.4 Å². The fourth-order valence-corrected chi connectivity index (χ4v) is 2.78. The molecule has 0 saturated carbocycles. The molecule has 0 aromatic heterocycles. The van der Waals surface area contributed by atoms with E-state index in [1.807, 2.05) is 32.0 Å². The van der Waals surface area contributed by atoms with Crippen LogP contribution in [0.5, 0.6) is 0 Å². The highest BCUT2D eigenvalue weighted by molar-refractivity contribution is 6.08. The highest BCUT2D eigenvalue weighted by atomic mass is 16.5. The molecule has 0 aliphatic heterocycles. The number of anilines is 2. The number of nitrogens with one attached hydrogen (secondary N) is 2. The average molecular weight is 402 g/mol. The smallest absolute Gasteiger partial charge is 0.340 e. The molecule has 0 saturated heterocycles. The monoisotopic (exact) mass is 402 g/mol. The summed E-state index contributed by atoms with van der Waals surface area (Å²) in [7, 11) is 0. The van der Waals surface area contributed by atoms with Gasteiger partial charge in [0.25, 0.3) is 11.8 Å². The van der Waals surface area contributed by atoms with Crippen molar-refractivity contribution in [3.05, 3.63) is 95.1 Å². The molecule has 0 atom stereocenters. The molecule has 3 rings (SSSR count). The minimum atomic E-state index is -0.700. The van der Waals surface area contributed by atoms with Crippen LogP contribution < -0.4 is 10.6 Å². The van der Waals surface area contributed by atoms with E-state index in [0.29, 0.717) is 16.9 Å². The van der Waals surface area contributed by atoms with Crippen LogP contribution in [0.2, 0.25) is 0 Å². The highest BCUT2D eigenvalue weighted by Gasteiger charge is 2.16. The maximum Gasteiger partial charge on any atom is 0.340 e. The van der Waals surface area contributed by atoms with Crippen molar-refractivity contribution in [1.82, 2.24) is 0 Å². The number of ether oxygens (including phenoxy) is 1. The molecule has 2 amide bonds. The zero-order valence-corrected chi connectivity index (χ0v) is 16.8. The van der Waals surface area contributed by atoms with Crippen LogP contribution in [-0.4, -0.2) is 24.4 Å². The second-order valence-electron chi connectivity index (χ2n) is 6.79. The van der Waals surface area contributed by atoms with Gasteiger partial charge in [-0.3, -0.25) is 9.59 Å². The molecule has 0 bridgehead atoms. The minimum Gasteiger partial charge on any atom is -0.452 e. The Morgan fingerprint density at radius 3 is 2.23 bits per heavy atom. The summed E-state index contributed by atoms with van der Waals surface area (Å²) in [4.78, 5) is 37.0. The molecular weight excluding hydrogens is 380 g/mol. The molecular formula is C24H22N2O4. The van der Waals surface area contributed by atoms with Crippen LogP contribution in [0.1, 0.15) is 31.8 Å². The standard InChI is InChI=1S/C24H22N2O4/c1-16-12-13-19(14-17(16)2)25-22(27)15-30-24(29)20-10-6-7-11-21(20)26-23(28)18-8-4-3-5-9-18/h3-14H,15H2,1-2H3,(H,25,27)(H,26,28). The normalized spacial score (nSPS) is 10.2. The van der Waals surface area contributed by atoms with Gasteiger partial charge in [-0.2, -0.15) is 0 Å². The quantitative estimate of drug-likeness (QED) is 0.601. The van der Waals surface area contributed by atoms with E-state index in [4.69, 9.17) is 4.74 Å². The zero-order chi connectivity index (χ0) is 21.5. The number of aryl methyl sites for hydroxylation is 2. The maximum atomic E-state index is 12.5. The van der Waals surface area contributed by atoms with Gasteiger partial charge in [0.2, 0.25) is 0 Å². The number of carbonyl (C=O) groups excluding carboxylic acids is 3. The first-order chi connectivity index (χ1) is 14.4. The molecule has 152 valence electrons. The largest absolute Gasteiger partial charge is 0.452 e. The van der Waals surface area contributed by atoms with E-state index in [2.05, 4.69) is 10.6 Å². The summed E-state index contributed by atoms with van der Waals surface area (Å²) in [5.41, 5.74) is 3.75. The third-order valence-corrected chi connectivity index (χ3v) is 4.56. The van der Waals surface area contributed by atoms with Crippen molar-refractivity contribution in [2.75, 3.05) is 17.2 Å². The van der Waals surface area contributed by atoms with Gasteiger partial charge in [0, 0.05) is 11.3 Å². The van der Waals surface area contributed by atoms with Crippen LogP contribution in [0.25, 0.3) is 0 Å². The topological polar surface area (TPSA) is 84.5 Å². The van der Waals surface area contributed by atoms with Gasteiger partial charge in [-0.05, 0) is 61.4 Å². The van der Waals surface area contributed by atoms with Crippen molar-refractivity contribution < 1.29 is 19.1 Å². The lowest BCUT2D eigenvalue weighted by atomic mass is 10.1. The van der Waals surface area contributed by atoms with E-state index in [9.17, 15) is 14.4 Å². The van der Waals surface area contributed by atoms with Gasteiger partial charge in [0.1, 0.15) is 0 Å². The predicted octanol–water partition coefficient (Wildman–Crippen LogP) is 4.35. The summed E-state index contributed by atoms with van der Waals surface area (Å²) in [6.07, 6.45) is 0.